The van der Waals surface area contributed by atoms with Gasteiger partial charge in [-0.15, -0.1) is 11.8 Å². The molecule has 2 aromatic carbocycles. The Labute approximate surface area is 289 Å². The van der Waals surface area contributed by atoms with Crippen molar-refractivity contribution in [1.29, 1.82) is 0 Å². The van der Waals surface area contributed by atoms with E-state index in [1.54, 1.807) is 0 Å². The largest absolute Gasteiger partial charge is 0.456 e. The van der Waals surface area contributed by atoms with E-state index in [9.17, 15) is 44.5 Å². The summed E-state index contributed by atoms with van der Waals surface area (Å²) in [4.78, 5) is 75.7. The van der Waals surface area contributed by atoms with Crippen LogP contribution in [0.25, 0.3) is 0 Å². The van der Waals surface area contributed by atoms with Crippen molar-refractivity contribution in [2.75, 3.05) is 19.8 Å². The number of carbonyl (C=O) groups is 4. The molecule has 2 aromatic rings. The summed E-state index contributed by atoms with van der Waals surface area (Å²) in [6.07, 6.45) is -1.30. The van der Waals surface area contributed by atoms with Crippen molar-refractivity contribution in [1.82, 2.24) is 9.80 Å². The molecule has 5 rings (SSSR count). The molecule has 18 heteroatoms. The van der Waals surface area contributed by atoms with Gasteiger partial charge in [0.25, 0.3) is 11.4 Å². The quantitative estimate of drug-likeness (QED) is 0.124. The SMILES string of the molecule is C[C@@H](O)[C@H]1C(=O)N2C(C(=O)OCc3ccc([N+](=O)[O-])cc3)=C(S[C@H]3C[C@@H](COCC(N)=O)N(C(=O)OCc4ccc([N+](=O)[O-])cc4)C3)[C@H](C)[C@H]12. The number of aliphatic hydroxyl groups is 1. The molecule has 0 aromatic heterocycles. The fraction of sp³-hybridized carbons (Fsp3) is 0.438. The highest BCUT2D eigenvalue weighted by atomic mass is 32.2. The van der Waals surface area contributed by atoms with Crippen molar-refractivity contribution in [2.45, 2.75) is 56.9 Å². The van der Waals surface area contributed by atoms with Crippen LogP contribution >= 0.6 is 11.8 Å². The van der Waals surface area contributed by atoms with Gasteiger partial charge < -0.3 is 34.9 Å². The number of hydrogen-bond donors (Lipinski definition) is 2. The highest BCUT2D eigenvalue weighted by Crippen LogP contribution is 2.52. The number of benzene rings is 2. The van der Waals surface area contributed by atoms with Gasteiger partial charge in [-0.1, -0.05) is 6.92 Å². The lowest BCUT2D eigenvalue weighted by Crippen LogP contribution is -2.63. The summed E-state index contributed by atoms with van der Waals surface area (Å²) in [5.41, 5.74) is 6.05. The van der Waals surface area contributed by atoms with Crippen LogP contribution in [-0.4, -0.2) is 91.8 Å². The standard InChI is InChI=1S/C32H35N5O12S/c1-17-27-26(18(2)38)30(40)35(27)28(31(41)48-13-19-3-7-21(8-4-19)36(43)44)29(17)50-24-11-23(15-47-16-25(33)39)34(12-24)32(42)49-14-20-5-9-22(10-6-20)37(45)46/h3-10,17-18,23-24,26-27,38H,11-16H2,1-2H3,(H2,33,39)/t17-,18-,23+,24+,26-,27-/m1/s1. The zero-order chi connectivity index (χ0) is 36.3. The van der Waals surface area contributed by atoms with Crippen molar-refractivity contribution >= 4 is 47.0 Å². The van der Waals surface area contributed by atoms with Gasteiger partial charge in [0.1, 0.15) is 25.5 Å². The summed E-state index contributed by atoms with van der Waals surface area (Å²) >= 11 is 1.30. The van der Waals surface area contributed by atoms with E-state index < -0.39 is 57.8 Å². The van der Waals surface area contributed by atoms with Crippen LogP contribution in [0.4, 0.5) is 16.2 Å². The van der Waals surface area contributed by atoms with Crippen molar-refractivity contribution in [3.05, 3.63) is 90.5 Å². The summed E-state index contributed by atoms with van der Waals surface area (Å²) in [6.45, 7) is 2.72. The second-order valence-electron chi connectivity index (χ2n) is 12.2. The number of rotatable bonds is 14. The van der Waals surface area contributed by atoms with Crippen LogP contribution in [0.5, 0.6) is 0 Å². The number of hydrogen-bond acceptors (Lipinski definition) is 13. The van der Waals surface area contributed by atoms with Crippen LogP contribution in [0.15, 0.2) is 59.1 Å². The molecule has 2 fully saturated rings. The molecule has 50 heavy (non-hydrogen) atoms. The van der Waals surface area contributed by atoms with E-state index in [0.717, 1.165) is 0 Å². The van der Waals surface area contributed by atoms with Crippen LogP contribution in [0.2, 0.25) is 0 Å². The first-order valence-corrected chi connectivity index (χ1v) is 16.5. The monoisotopic (exact) mass is 713 g/mol. The molecule has 0 saturated carbocycles. The molecule has 6 atom stereocenters. The maximum Gasteiger partial charge on any atom is 0.410 e. The Hall–Kier alpha value is -5.07. The van der Waals surface area contributed by atoms with Crippen LogP contribution < -0.4 is 5.73 Å². The van der Waals surface area contributed by atoms with Crippen LogP contribution in [0.3, 0.4) is 0 Å². The lowest BCUT2D eigenvalue weighted by atomic mass is 9.79. The van der Waals surface area contributed by atoms with Gasteiger partial charge in [-0.25, -0.2) is 9.59 Å². The molecule has 3 heterocycles. The number of thioether (sulfide) groups is 1. The highest BCUT2D eigenvalue weighted by molar-refractivity contribution is 8.03. The number of carbonyl (C=O) groups excluding carboxylic acids is 4. The fourth-order valence-electron chi connectivity index (χ4n) is 6.36. The van der Waals surface area contributed by atoms with Crippen LogP contribution in [0.1, 0.15) is 31.4 Å². The number of non-ortho nitro benzene ring substituents is 2. The number of nitro groups is 2. The number of nitrogens with zero attached hydrogens (tertiary/aromatic N) is 4. The number of ether oxygens (including phenoxy) is 3. The summed E-state index contributed by atoms with van der Waals surface area (Å²) in [5, 5.41) is 32.0. The molecule has 17 nitrogen and oxygen atoms in total. The van der Waals surface area contributed by atoms with E-state index in [1.165, 1.54) is 77.0 Å². The van der Waals surface area contributed by atoms with Gasteiger partial charge >= 0.3 is 12.1 Å². The number of nitrogens with two attached hydrogens (primary N) is 1. The van der Waals surface area contributed by atoms with E-state index in [2.05, 4.69) is 0 Å². The van der Waals surface area contributed by atoms with Crippen LogP contribution in [-0.2, 0) is 41.8 Å². The van der Waals surface area contributed by atoms with E-state index >= 15 is 0 Å². The second-order valence-corrected chi connectivity index (χ2v) is 13.5. The van der Waals surface area contributed by atoms with E-state index in [4.69, 9.17) is 19.9 Å². The predicted octanol–water partition coefficient (Wildman–Crippen LogP) is 2.63. The van der Waals surface area contributed by atoms with Crippen molar-refractivity contribution in [3.8, 4) is 0 Å². The molecular formula is C32H35N5O12S. The van der Waals surface area contributed by atoms with Gasteiger partial charge in [0.15, 0.2) is 0 Å². The maximum atomic E-state index is 13.6. The second kappa shape index (κ2) is 15.2. The lowest BCUT2D eigenvalue weighted by Gasteiger charge is -2.46. The van der Waals surface area contributed by atoms with Gasteiger partial charge in [0, 0.05) is 46.9 Å². The van der Waals surface area contributed by atoms with Gasteiger partial charge in [0.05, 0.1) is 40.6 Å². The minimum atomic E-state index is -0.966. The smallest absolute Gasteiger partial charge is 0.410 e. The minimum absolute atomic E-state index is 0.0389. The van der Waals surface area contributed by atoms with E-state index in [0.29, 0.717) is 22.5 Å². The maximum absolute atomic E-state index is 13.6. The third-order valence-electron chi connectivity index (χ3n) is 8.79. The first-order valence-electron chi connectivity index (χ1n) is 15.6. The average Bonchev–Trinajstić information content (AvgIpc) is 3.58. The third kappa shape index (κ3) is 7.71. The lowest BCUT2D eigenvalue weighted by molar-refractivity contribution is -0.385. The number of nitro benzene ring substituents is 2. The Morgan fingerprint density at radius 2 is 1.56 bits per heavy atom. The van der Waals surface area contributed by atoms with Gasteiger partial charge in [0.2, 0.25) is 11.8 Å². The molecule has 0 spiro atoms. The Morgan fingerprint density at radius 3 is 2.08 bits per heavy atom. The van der Waals surface area contributed by atoms with E-state index in [1.807, 2.05) is 6.92 Å². The molecular weight excluding hydrogens is 678 g/mol. The number of likely N-dealkylation sites (tertiary alicyclic amines) is 1. The molecule has 2 saturated heterocycles. The summed E-state index contributed by atoms with van der Waals surface area (Å²) in [7, 11) is 0. The first-order chi connectivity index (χ1) is 23.8. The number of aliphatic hydroxyl groups excluding tert-OH is 1. The molecule has 3 amide bonds. The minimum Gasteiger partial charge on any atom is -0.456 e. The first kappa shape index (κ1) is 36.2. The topological polar surface area (TPSA) is 235 Å². The number of β-lactam (4-membered cyclic amide) rings is 1. The highest BCUT2D eigenvalue weighted by Gasteiger charge is 2.60. The molecule has 0 aliphatic carbocycles. The normalized spacial score (nSPS) is 23.3. The van der Waals surface area contributed by atoms with Crippen molar-refractivity contribution in [2.24, 2.45) is 17.6 Å². The molecule has 3 aliphatic rings. The van der Waals surface area contributed by atoms with Gasteiger partial charge in [-0.3, -0.25) is 29.8 Å². The number of amides is 3. The summed E-state index contributed by atoms with van der Waals surface area (Å²) < 4.78 is 16.5. The van der Waals surface area contributed by atoms with E-state index in [-0.39, 0.29) is 61.2 Å². The molecule has 0 unspecified atom stereocenters. The molecule has 0 bridgehead atoms. The zero-order valence-corrected chi connectivity index (χ0v) is 27.9. The Morgan fingerprint density at radius 1 is 1.00 bits per heavy atom. The Kier molecular flexibility index (Phi) is 11.0. The summed E-state index contributed by atoms with van der Waals surface area (Å²) in [6, 6.07) is 10.0. The third-order valence-corrected chi connectivity index (χ3v) is 10.3. The zero-order valence-electron chi connectivity index (χ0n) is 27.0. The van der Waals surface area contributed by atoms with Crippen molar-refractivity contribution < 1.29 is 48.3 Å². The molecule has 3 N–H and O–H groups in total. The fourth-order valence-corrected chi connectivity index (χ4v) is 7.92. The number of esters is 1. The number of primary amides is 1. The Bertz CT molecular complexity index is 1700. The Balaban J connectivity index is 1.33. The predicted molar refractivity (Wildman–Crippen MR) is 175 cm³/mol. The van der Waals surface area contributed by atoms with Gasteiger partial charge in [-0.05, 0) is 48.7 Å². The summed E-state index contributed by atoms with van der Waals surface area (Å²) in [5.74, 6) is -2.99. The average molecular weight is 714 g/mol. The molecule has 3 aliphatic heterocycles. The van der Waals surface area contributed by atoms with Crippen LogP contribution in [0, 0.1) is 32.1 Å². The van der Waals surface area contributed by atoms with Gasteiger partial charge in [-0.2, -0.15) is 0 Å². The molecule has 266 valence electrons. The van der Waals surface area contributed by atoms with Crippen molar-refractivity contribution in [3.63, 3.8) is 0 Å². The molecule has 0 radical (unpaired) electrons. The number of fused-ring (bicyclic) bond motifs is 1.